The Morgan fingerprint density at radius 2 is 1.78 bits per heavy atom. The van der Waals surface area contributed by atoms with E-state index in [0.717, 1.165) is 92.7 Å². The number of aliphatic hydroxyl groups is 1. The number of carboxylic acids is 1. The molecule has 1 saturated heterocycles. The summed E-state index contributed by atoms with van der Waals surface area (Å²) < 4.78 is 30.0. The Balaban J connectivity index is 0.907. The van der Waals surface area contributed by atoms with Gasteiger partial charge in [0.1, 0.15) is 5.52 Å². The van der Waals surface area contributed by atoms with E-state index in [4.69, 9.17) is 16.6 Å². The van der Waals surface area contributed by atoms with Crippen LogP contribution in [0.25, 0.3) is 22.2 Å². The number of amides is 1. The molecule has 2 bridgehead atoms. The second kappa shape index (κ2) is 15.7. The molecule has 60 heavy (non-hydrogen) atoms. The Morgan fingerprint density at radius 3 is 2.50 bits per heavy atom. The molecule has 0 radical (unpaired) electrons. The SMILES string of the molecule is Cc1c(Nc2nc(C(F)F)nc3cc(CN4CC[C@@H](O)C4)cnc23)cccc1-c1cccc(NC(=O)c2nc3c(n2C)CCN(CCC24CCC(C(=O)O)(CC2)C4)C3)c1Cl. The van der Waals surface area contributed by atoms with Crippen molar-refractivity contribution in [2.24, 2.45) is 17.9 Å². The van der Waals surface area contributed by atoms with Gasteiger partial charge in [0.05, 0.1) is 33.4 Å². The Labute approximate surface area is 351 Å². The number of imidazole rings is 1. The van der Waals surface area contributed by atoms with Gasteiger partial charge in [0.15, 0.2) is 17.5 Å². The van der Waals surface area contributed by atoms with Gasteiger partial charge in [-0.25, -0.2) is 23.7 Å². The Hall–Kier alpha value is -5.09. The highest BCUT2D eigenvalue weighted by molar-refractivity contribution is 6.36. The zero-order valence-corrected chi connectivity index (χ0v) is 34.4. The number of carboxylic acid groups (broad SMARTS) is 1. The number of nitrogens with one attached hydrogen (secondary N) is 2. The van der Waals surface area contributed by atoms with E-state index in [2.05, 4.69) is 35.4 Å². The number of rotatable bonds is 12. The number of β-amino-alcohol motifs (C(OH)–C–C–N with tert-alkyl or cyclic N) is 1. The van der Waals surface area contributed by atoms with Gasteiger partial charge < -0.3 is 25.4 Å². The minimum Gasteiger partial charge on any atom is -0.481 e. The number of benzene rings is 2. The molecular weight excluding hydrogens is 792 g/mol. The number of aliphatic hydroxyl groups excluding tert-OH is 1. The van der Waals surface area contributed by atoms with Crippen molar-refractivity contribution in [3.05, 3.63) is 87.8 Å². The first-order valence-electron chi connectivity index (χ1n) is 20.6. The van der Waals surface area contributed by atoms with Gasteiger partial charge in [-0.05, 0) is 98.7 Å². The predicted molar refractivity (Wildman–Crippen MR) is 223 cm³/mol. The van der Waals surface area contributed by atoms with Crippen LogP contribution in [0.4, 0.5) is 26.0 Å². The number of carbonyl (C=O) groups excluding carboxylic acids is 1. The van der Waals surface area contributed by atoms with E-state index in [1.165, 1.54) is 0 Å². The van der Waals surface area contributed by atoms with Gasteiger partial charge in [0, 0.05) is 69.3 Å². The summed E-state index contributed by atoms with van der Waals surface area (Å²) in [5, 5.41) is 26.3. The van der Waals surface area contributed by atoms with Gasteiger partial charge in [-0.2, -0.15) is 0 Å². The van der Waals surface area contributed by atoms with Crippen LogP contribution in [0.2, 0.25) is 5.02 Å². The molecule has 16 heteroatoms. The zero-order chi connectivity index (χ0) is 41.9. The van der Waals surface area contributed by atoms with Gasteiger partial charge in [-0.3, -0.25) is 24.4 Å². The van der Waals surface area contributed by atoms with E-state index >= 15 is 0 Å². The number of hydrogen-bond donors (Lipinski definition) is 4. The summed E-state index contributed by atoms with van der Waals surface area (Å²) >= 11 is 7.04. The number of carbonyl (C=O) groups is 2. The number of alkyl halides is 2. The third-order valence-corrected chi connectivity index (χ3v) is 13.9. The lowest BCUT2D eigenvalue weighted by Gasteiger charge is -2.32. The largest absolute Gasteiger partial charge is 0.481 e. The topological polar surface area (TPSA) is 162 Å². The number of halogens is 3. The van der Waals surface area contributed by atoms with Gasteiger partial charge >= 0.3 is 5.97 Å². The summed E-state index contributed by atoms with van der Waals surface area (Å²) in [6, 6.07) is 12.7. The molecule has 5 aromatic rings. The standard InChI is InChI=1S/C44H48ClF2N9O4/c1-25-28(5-3-7-30(25)49-38-36-32(50-39(53-38)37(46)47)19-26(20-48-36)21-56-16-9-27(57)22-56)29-6-4-8-31(35(29)45)52-41(58)40-51-33-23-55(17-10-34(33)54(40)2)18-15-43-11-13-44(24-43,14-12-43)42(59)60/h3-8,19-20,27,37,57H,9-18,21-24H2,1-2H3,(H,52,58)(H,59,60)(H,49,50,53)/t27-,43?,44?/m1/s1. The quantitative estimate of drug-likeness (QED) is 0.0976. The number of pyridine rings is 1. The van der Waals surface area contributed by atoms with E-state index < -0.39 is 23.6 Å². The van der Waals surface area contributed by atoms with E-state index in [-0.39, 0.29) is 34.6 Å². The summed E-state index contributed by atoms with van der Waals surface area (Å²) in [6.45, 7) is 6.03. The molecule has 1 amide bonds. The number of aliphatic carboxylic acids is 1. The zero-order valence-electron chi connectivity index (χ0n) is 33.6. The number of fused-ring (bicyclic) bond motifs is 4. The maximum Gasteiger partial charge on any atom is 0.309 e. The monoisotopic (exact) mass is 839 g/mol. The van der Waals surface area contributed by atoms with Crippen molar-refractivity contribution in [1.82, 2.24) is 34.3 Å². The minimum atomic E-state index is -2.90. The highest BCUT2D eigenvalue weighted by atomic mass is 35.5. The predicted octanol–water partition coefficient (Wildman–Crippen LogP) is 7.67. The maximum absolute atomic E-state index is 14.1. The van der Waals surface area contributed by atoms with E-state index in [1.807, 2.05) is 48.9 Å². The van der Waals surface area contributed by atoms with Gasteiger partial charge in [0.25, 0.3) is 12.3 Å². The normalized spacial score (nSPS) is 22.8. The maximum atomic E-state index is 14.1. The van der Waals surface area contributed by atoms with E-state index in [9.17, 15) is 28.6 Å². The van der Waals surface area contributed by atoms with Crippen LogP contribution in [0.1, 0.15) is 90.3 Å². The lowest BCUT2D eigenvalue weighted by molar-refractivity contribution is -0.148. The van der Waals surface area contributed by atoms with Crippen LogP contribution in [0, 0.1) is 17.8 Å². The van der Waals surface area contributed by atoms with Gasteiger partial charge in [0.2, 0.25) is 0 Å². The number of nitrogens with zero attached hydrogens (tertiary/aromatic N) is 7. The van der Waals surface area contributed by atoms with Crippen LogP contribution < -0.4 is 10.6 Å². The minimum absolute atomic E-state index is 0.118. The molecule has 1 atom stereocenters. The molecule has 2 saturated carbocycles. The van der Waals surface area contributed by atoms with Crippen molar-refractivity contribution in [3.63, 3.8) is 0 Å². The molecular formula is C44H48ClF2N9O4. The average Bonchev–Trinajstić information content (AvgIpc) is 4.01. The lowest BCUT2D eigenvalue weighted by atomic mass is 9.80. The summed E-state index contributed by atoms with van der Waals surface area (Å²) in [6.07, 6.45) is 5.12. The summed E-state index contributed by atoms with van der Waals surface area (Å²) in [5.41, 5.74) is 6.11. The first kappa shape index (κ1) is 40.3. The van der Waals surface area contributed by atoms with Crippen LogP contribution in [0.3, 0.4) is 0 Å². The molecule has 13 nitrogen and oxygen atoms in total. The summed E-state index contributed by atoms with van der Waals surface area (Å²) in [7, 11) is 1.86. The van der Waals surface area contributed by atoms with Crippen LogP contribution in [-0.2, 0) is 31.4 Å². The Bertz CT molecular complexity index is 2510. The molecule has 2 aliphatic carbocycles. The molecule has 3 aromatic heterocycles. The van der Waals surface area contributed by atoms with E-state index in [1.54, 1.807) is 18.3 Å². The first-order valence-corrected chi connectivity index (χ1v) is 21.0. The molecule has 0 unspecified atom stereocenters. The molecule has 2 aliphatic heterocycles. The Morgan fingerprint density at radius 1 is 1.02 bits per heavy atom. The van der Waals surface area contributed by atoms with Crippen LogP contribution >= 0.6 is 11.6 Å². The highest BCUT2D eigenvalue weighted by Gasteiger charge is 2.57. The lowest BCUT2D eigenvalue weighted by Crippen LogP contribution is -2.34. The third kappa shape index (κ3) is 7.50. The molecule has 9 rings (SSSR count). The molecule has 314 valence electrons. The summed E-state index contributed by atoms with van der Waals surface area (Å²) in [4.78, 5) is 47.9. The van der Waals surface area contributed by atoms with E-state index in [0.29, 0.717) is 53.5 Å². The first-order chi connectivity index (χ1) is 28.8. The second-order valence-electron chi connectivity index (χ2n) is 17.3. The van der Waals surface area contributed by atoms with Crippen molar-refractivity contribution in [2.75, 3.05) is 36.8 Å². The van der Waals surface area contributed by atoms with Crippen molar-refractivity contribution in [3.8, 4) is 11.1 Å². The molecule has 0 spiro atoms. The number of likely N-dealkylation sites (tertiary alicyclic amines) is 1. The average molecular weight is 840 g/mol. The fraction of sp³-hybridized carbons (Fsp3) is 0.455. The van der Waals surface area contributed by atoms with Crippen LogP contribution in [0.5, 0.6) is 0 Å². The second-order valence-corrected chi connectivity index (χ2v) is 17.6. The molecule has 4 N–H and O–H groups in total. The summed E-state index contributed by atoms with van der Waals surface area (Å²) in [5.74, 6) is -1.21. The highest BCUT2D eigenvalue weighted by Crippen LogP contribution is 2.63. The third-order valence-electron chi connectivity index (χ3n) is 13.5. The molecule has 3 fully saturated rings. The van der Waals surface area contributed by atoms with Crippen molar-refractivity contribution in [1.29, 1.82) is 0 Å². The molecule has 5 heterocycles. The number of anilines is 3. The van der Waals surface area contributed by atoms with Gasteiger partial charge in [-0.15, -0.1) is 0 Å². The fourth-order valence-electron chi connectivity index (χ4n) is 10.1. The fourth-order valence-corrected chi connectivity index (χ4v) is 10.4. The number of aromatic nitrogens is 5. The van der Waals surface area contributed by atoms with Crippen molar-refractivity contribution < 1.29 is 28.6 Å². The molecule has 2 aromatic carbocycles. The Kier molecular flexibility index (Phi) is 10.6. The van der Waals surface area contributed by atoms with Crippen molar-refractivity contribution >= 4 is 51.7 Å². The molecule has 4 aliphatic rings. The van der Waals surface area contributed by atoms with Crippen LogP contribution in [-0.4, -0.2) is 88.7 Å². The number of hydrogen-bond acceptors (Lipinski definition) is 10. The smallest absolute Gasteiger partial charge is 0.309 e. The van der Waals surface area contributed by atoms with Gasteiger partial charge in [-0.1, -0.05) is 35.9 Å². The van der Waals surface area contributed by atoms with Crippen molar-refractivity contribution in [2.45, 2.75) is 83.9 Å². The van der Waals surface area contributed by atoms with Crippen LogP contribution in [0.15, 0.2) is 48.7 Å².